The number of aromatic nitrogens is 2. The molecule has 0 aromatic carbocycles. The van der Waals surface area contributed by atoms with Crippen LogP contribution in [-0.2, 0) is 19.2 Å². The van der Waals surface area contributed by atoms with E-state index in [1.54, 1.807) is 5.41 Å². The number of fused-ring (bicyclic) bond motifs is 1. The van der Waals surface area contributed by atoms with E-state index in [4.69, 9.17) is 11.0 Å². The summed E-state index contributed by atoms with van der Waals surface area (Å²) in [6.45, 7) is 0. The molecule has 1 aromatic rings. The largest absolute Gasteiger partial charge is 0.477 e. The second-order valence-electron chi connectivity index (χ2n) is 5.94. The van der Waals surface area contributed by atoms with E-state index in [1.807, 2.05) is 6.07 Å². The zero-order valence-electron chi connectivity index (χ0n) is 15.8. The lowest BCUT2D eigenvalue weighted by molar-refractivity contribution is -0.150. The molecule has 3 rings (SSSR count). The van der Waals surface area contributed by atoms with Crippen LogP contribution in [0.2, 0.25) is 0 Å². The van der Waals surface area contributed by atoms with Crippen LogP contribution in [0.25, 0.3) is 0 Å². The summed E-state index contributed by atoms with van der Waals surface area (Å²) in [6, 6.07) is 0.904. The number of allylic oxidation sites excluding steroid dienone is 1. The number of thioether (sulfide) groups is 2. The van der Waals surface area contributed by atoms with Crippen molar-refractivity contribution in [2.24, 2.45) is 5.16 Å². The van der Waals surface area contributed by atoms with E-state index < -0.39 is 29.2 Å². The SMILES string of the molecule is CON=C(C(=O)NC1C(=O)N2C(C(=O)O)=C(CS/C=C\C#N)CS[C@H]12)c1nsc(N)n1. The average molecular weight is 482 g/mol. The number of anilines is 1. The summed E-state index contributed by atoms with van der Waals surface area (Å²) in [4.78, 5) is 46.9. The predicted octanol–water partition coefficient (Wildman–Crippen LogP) is -0.0201. The third-order valence-corrected chi connectivity index (χ3v) is 6.81. The number of aliphatic carboxylic acids is 1. The molecule has 0 aliphatic carbocycles. The zero-order chi connectivity index (χ0) is 22.5. The second kappa shape index (κ2) is 9.81. The Hall–Kier alpha value is -3.09. The van der Waals surface area contributed by atoms with E-state index in [9.17, 15) is 19.5 Å². The second-order valence-corrected chi connectivity index (χ2v) is 8.72. The number of hydrogen-bond donors (Lipinski definition) is 3. The van der Waals surface area contributed by atoms with Crippen LogP contribution < -0.4 is 11.1 Å². The normalized spacial score (nSPS) is 20.8. The molecule has 15 heteroatoms. The fraction of sp³-hybridized carbons (Fsp3) is 0.312. The van der Waals surface area contributed by atoms with E-state index in [1.165, 1.54) is 36.7 Å². The van der Waals surface area contributed by atoms with Crippen molar-refractivity contribution in [1.29, 1.82) is 5.26 Å². The van der Waals surface area contributed by atoms with Gasteiger partial charge in [-0.25, -0.2) is 4.79 Å². The van der Waals surface area contributed by atoms with Crippen LogP contribution in [0.5, 0.6) is 0 Å². The van der Waals surface area contributed by atoms with Crippen molar-refractivity contribution in [3.8, 4) is 6.07 Å². The van der Waals surface area contributed by atoms with Crippen LogP contribution in [0.4, 0.5) is 5.13 Å². The Morgan fingerprint density at radius 3 is 2.97 bits per heavy atom. The Bertz CT molecular complexity index is 1040. The Morgan fingerprint density at radius 2 is 2.35 bits per heavy atom. The third kappa shape index (κ3) is 4.65. The van der Waals surface area contributed by atoms with E-state index in [2.05, 4.69) is 24.7 Å². The molecule has 1 saturated heterocycles. The maximum atomic E-state index is 12.7. The standard InChI is InChI=1S/C16H15N7O5S3/c1-28-21-8(11-20-16(18)31-22-11)12(24)19-9-13(25)23-10(15(26)27)7(6-30-14(9)23)5-29-4-2-3-17/h2,4,9,14H,5-6H2,1H3,(H,19,24)(H,26,27)(H2,18,20,22)/b4-2-,21-8?/t9?,14-/m1/s1. The first kappa shape index (κ1) is 22.6. The van der Waals surface area contributed by atoms with E-state index in [-0.39, 0.29) is 22.4 Å². The number of nitrogens with zero attached hydrogens (tertiary/aromatic N) is 5. The highest BCUT2D eigenvalue weighted by Crippen LogP contribution is 2.41. The Balaban J connectivity index is 1.75. The van der Waals surface area contributed by atoms with Gasteiger partial charge in [0.25, 0.3) is 11.8 Å². The van der Waals surface area contributed by atoms with Gasteiger partial charge in [0.1, 0.15) is 24.2 Å². The quantitative estimate of drug-likeness (QED) is 0.196. The summed E-state index contributed by atoms with van der Waals surface area (Å²) in [5.74, 6) is -1.90. The fourth-order valence-corrected chi connectivity index (χ4v) is 5.44. The van der Waals surface area contributed by atoms with Crippen molar-refractivity contribution in [3.05, 3.63) is 28.6 Å². The number of amides is 2. The van der Waals surface area contributed by atoms with Gasteiger partial charge in [-0.05, 0) is 11.0 Å². The topological polar surface area (TPSA) is 184 Å². The highest BCUT2D eigenvalue weighted by atomic mass is 32.2. The van der Waals surface area contributed by atoms with Gasteiger partial charge in [0, 0.05) is 29.1 Å². The molecule has 2 atom stereocenters. The molecule has 4 N–H and O–H groups in total. The number of β-lactam (4-membered cyclic amide) rings is 1. The lowest BCUT2D eigenvalue weighted by Gasteiger charge is -2.49. The number of nitrogens with one attached hydrogen (secondary N) is 1. The Kier molecular flexibility index (Phi) is 7.15. The summed E-state index contributed by atoms with van der Waals surface area (Å²) in [5.41, 5.74) is 5.75. The van der Waals surface area contributed by atoms with Gasteiger partial charge in [0.15, 0.2) is 5.13 Å². The number of carbonyl (C=O) groups is 3. The number of oxime groups is 1. The van der Waals surface area contributed by atoms with Gasteiger partial charge in [-0.2, -0.15) is 14.6 Å². The maximum Gasteiger partial charge on any atom is 0.352 e. The average Bonchev–Trinajstić information content (AvgIpc) is 3.18. The maximum absolute atomic E-state index is 12.7. The molecule has 1 aromatic heterocycles. The zero-order valence-corrected chi connectivity index (χ0v) is 18.3. The van der Waals surface area contributed by atoms with Crippen molar-refractivity contribution in [2.45, 2.75) is 11.4 Å². The summed E-state index contributed by atoms with van der Waals surface area (Å²) >= 11 is 3.46. The molecular formula is C16H15N7O5S3. The number of carboxylic acids is 1. The van der Waals surface area contributed by atoms with Crippen molar-refractivity contribution >= 4 is 63.7 Å². The van der Waals surface area contributed by atoms with Gasteiger partial charge in [-0.15, -0.1) is 23.5 Å². The third-order valence-electron chi connectivity index (χ3n) is 4.08. The number of hydrogen-bond acceptors (Lipinski definition) is 12. The molecule has 12 nitrogen and oxygen atoms in total. The van der Waals surface area contributed by atoms with Crippen molar-refractivity contribution in [2.75, 3.05) is 24.3 Å². The highest BCUT2D eigenvalue weighted by molar-refractivity contribution is 8.02. The number of nitriles is 1. The van der Waals surface area contributed by atoms with Gasteiger partial charge in [-0.3, -0.25) is 14.5 Å². The van der Waals surface area contributed by atoms with Gasteiger partial charge >= 0.3 is 5.97 Å². The number of carbonyl (C=O) groups excluding carboxylic acids is 2. The summed E-state index contributed by atoms with van der Waals surface area (Å²) in [5, 5.41) is 25.4. The molecule has 31 heavy (non-hydrogen) atoms. The Labute approximate surface area is 188 Å². The minimum Gasteiger partial charge on any atom is -0.477 e. The van der Waals surface area contributed by atoms with Gasteiger partial charge < -0.3 is 21.0 Å². The number of nitrogen functional groups attached to an aromatic ring is 1. The molecule has 0 spiro atoms. The van der Waals surface area contributed by atoms with Crippen LogP contribution in [-0.4, -0.2) is 72.9 Å². The van der Waals surface area contributed by atoms with Crippen LogP contribution in [0.15, 0.2) is 27.9 Å². The predicted molar refractivity (Wildman–Crippen MR) is 115 cm³/mol. The van der Waals surface area contributed by atoms with Gasteiger partial charge in [0.05, 0.1) is 6.07 Å². The Morgan fingerprint density at radius 1 is 1.58 bits per heavy atom. The number of carboxylic acid groups (broad SMARTS) is 1. The van der Waals surface area contributed by atoms with Crippen molar-refractivity contribution in [1.82, 2.24) is 19.6 Å². The smallest absolute Gasteiger partial charge is 0.352 e. The number of nitrogens with two attached hydrogens (primary N) is 1. The van der Waals surface area contributed by atoms with Gasteiger partial charge in [-0.1, -0.05) is 5.16 Å². The molecule has 0 saturated carbocycles. The minimum absolute atomic E-state index is 0.0439. The molecule has 0 bridgehead atoms. The van der Waals surface area contributed by atoms with Crippen molar-refractivity contribution in [3.63, 3.8) is 0 Å². The molecule has 2 amide bonds. The molecule has 2 aliphatic heterocycles. The van der Waals surface area contributed by atoms with Crippen LogP contribution >= 0.6 is 35.1 Å². The first-order chi connectivity index (χ1) is 14.9. The van der Waals surface area contributed by atoms with Crippen LogP contribution in [0.1, 0.15) is 5.82 Å². The lowest BCUT2D eigenvalue weighted by Crippen LogP contribution is -2.71. The lowest BCUT2D eigenvalue weighted by atomic mass is 10.0. The van der Waals surface area contributed by atoms with E-state index in [0.717, 1.165) is 16.4 Å². The first-order valence-corrected chi connectivity index (χ1v) is 11.3. The van der Waals surface area contributed by atoms with E-state index in [0.29, 0.717) is 17.1 Å². The first-order valence-electron chi connectivity index (χ1n) is 8.46. The molecule has 162 valence electrons. The van der Waals surface area contributed by atoms with Crippen molar-refractivity contribution < 1.29 is 24.3 Å². The number of rotatable bonds is 8. The van der Waals surface area contributed by atoms with Crippen LogP contribution in [0, 0.1) is 11.3 Å². The minimum atomic E-state index is -1.23. The molecule has 1 unspecified atom stereocenters. The highest BCUT2D eigenvalue weighted by Gasteiger charge is 2.54. The summed E-state index contributed by atoms with van der Waals surface area (Å²) in [6.07, 6.45) is 1.29. The van der Waals surface area contributed by atoms with Gasteiger partial charge in [0.2, 0.25) is 11.5 Å². The monoisotopic (exact) mass is 481 g/mol. The van der Waals surface area contributed by atoms with E-state index >= 15 is 0 Å². The van der Waals surface area contributed by atoms with Crippen LogP contribution in [0.3, 0.4) is 0 Å². The molecule has 0 radical (unpaired) electrons. The fourth-order valence-electron chi connectivity index (χ4n) is 2.84. The molecular weight excluding hydrogens is 466 g/mol. The molecule has 2 aliphatic rings. The molecule has 1 fully saturated rings. The summed E-state index contributed by atoms with van der Waals surface area (Å²) < 4.78 is 3.91. The molecule has 3 heterocycles. The summed E-state index contributed by atoms with van der Waals surface area (Å²) in [7, 11) is 1.24.